The second-order valence-corrected chi connectivity index (χ2v) is 5.79. The SMILES string of the molecule is C=C1C=C(CN2NNc3ccc(-c4cnn(C)c4)nc32)N/N=C\C=C/1. The third kappa shape index (κ3) is 3.15. The molecule has 0 radical (unpaired) electrons. The Labute approximate surface area is 145 Å². The van der Waals surface area contributed by atoms with Gasteiger partial charge < -0.3 is 5.43 Å². The smallest absolute Gasteiger partial charge is 0.170 e. The molecule has 2 aromatic rings. The Morgan fingerprint density at radius 2 is 2.20 bits per heavy atom. The van der Waals surface area contributed by atoms with E-state index >= 15 is 0 Å². The Bertz CT molecular complexity index is 905. The monoisotopic (exact) mass is 334 g/mol. The van der Waals surface area contributed by atoms with E-state index in [1.807, 2.05) is 48.6 Å². The molecule has 126 valence electrons. The van der Waals surface area contributed by atoms with Gasteiger partial charge in [0.2, 0.25) is 0 Å². The van der Waals surface area contributed by atoms with Crippen molar-refractivity contribution in [2.45, 2.75) is 0 Å². The van der Waals surface area contributed by atoms with Crippen molar-refractivity contribution in [3.05, 3.63) is 60.6 Å². The first-order chi connectivity index (χ1) is 12.2. The minimum Gasteiger partial charge on any atom is -0.300 e. The minimum atomic E-state index is 0.549. The minimum absolute atomic E-state index is 0.549. The Hall–Kier alpha value is -3.39. The fourth-order valence-corrected chi connectivity index (χ4v) is 2.65. The van der Waals surface area contributed by atoms with Crippen LogP contribution in [0.3, 0.4) is 0 Å². The molecule has 0 aliphatic carbocycles. The number of fused-ring (bicyclic) bond motifs is 1. The molecule has 8 heteroatoms. The molecule has 0 unspecified atom stereocenters. The number of anilines is 2. The largest absolute Gasteiger partial charge is 0.300 e. The summed E-state index contributed by atoms with van der Waals surface area (Å²) in [5, 5.41) is 10.3. The van der Waals surface area contributed by atoms with Gasteiger partial charge in [-0.2, -0.15) is 10.2 Å². The van der Waals surface area contributed by atoms with Crippen LogP contribution in [0.4, 0.5) is 11.5 Å². The molecular formula is C17H18N8. The Morgan fingerprint density at radius 3 is 3.04 bits per heavy atom. The maximum Gasteiger partial charge on any atom is 0.170 e. The molecule has 8 nitrogen and oxygen atoms in total. The normalized spacial score (nSPS) is 18.5. The van der Waals surface area contributed by atoms with Gasteiger partial charge in [0, 0.05) is 25.0 Å². The van der Waals surface area contributed by atoms with E-state index in [-0.39, 0.29) is 0 Å². The van der Waals surface area contributed by atoms with Gasteiger partial charge in [-0.05, 0) is 29.9 Å². The second-order valence-electron chi connectivity index (χ2n) is 5.79. The standard InChI is InChI=1S/C17H18N8/c1-12-4-3-7-18-21-14(8-12)11-25-17-16(22-23-25)6-5-15(20-17)13-9-19-24(2)10-13/h3-10,21-23H,1,11H2,2H3/b4-3-,14-8?,18-7-. The molecule has 2 aliphatic heterocycles. The van der Waals surface area contributed by atoms with Gasteiger partial charge in [0.1, 0.15) is 0 Å². The highest BCUT2D eigenvalue weighted by molar-refractivity contribution is 5.74. The molecule has 4 heterocycles. The molecule has 0 aromatic carbocycles. The van der Waals surface area contributed by atoms with Gasteiger partial charge >= 0.3 is 0 Å². The number of allylic oxidation sites excluding steroid dienone is 4. The number of aromatic nitrogens is 3. The second kappa shape index (κ2) is 6.25. The zero-order chi connectivity index (χ0) is 17.2. The number of aryl methyl sites for hydroxylation is 1. The fraction of sp³-hybridized carbons (Fsp3) is 0.118. The maximum absolute atomic E-state index is 4.76. The van der Waals surface area contributed by atoms with E-state index in [4.69, 9.17) is 4.98 Å². The highest BCUT2D eigenvalue weighted by Crippen LogP contribution is 2.30. The first-order valence-corrected chi connectivity index (χ1v) is 7.83. The maximum atomic E-state index is 4.76. The van der Waals surface area contributed by atoms with Crippen LogP contribution < -0.4 is 21.4 Å². The van der Waals surface area contributed by atoms with Crippen molar-refractivity contribution in [2.75, 3.05) is 17.0 Å². The van der Waals surface area contributed by atoms with Crippen LogP contribution in [0, 0.1) is 0 Å². The highest BCUT2D eigenvalue weighted by Gasteiger charge is 2.22. The van der Waals surface area contributed by atoms with Crippen LogP contribution in [0.2, 0.25) is 0 Å². The van der Waals surface area contributed by atoms with Crippen molar-refractivity contribution in [1.82, 2.24) is 25.7 Å². The number of hydrogen-bond acceptors (Lipinski definition) is 7. The molecule has 0 fully saturated rings. The van der Waals surface area contributed by atoms with E-state index in [1.54, 1.807) is 17.1 Å². The number of nitrogens with one attached hydrogen (secondary N) is 3. The topological polar surface area (TPSA) is 82.4 Å². The van der Waals surface area contributed by atoms with Gasteiger partial charge in [0.05, 0.1) is 29.8 Å². The van der Waals surface area contributed by atoms with E-state index in [9.17, 15) is 0 Å². The van der Waals surface area contributed by atoms with Crippen LogP contribution in [0.5, 0.6) is 0 Å². The van der Waals surface area contributed by atoms with E-state index in [0.717, 1.165) is 34.0 Å². The zero-order valence-electron chi connectivity index (χ0n) is 13.8. The predicted octanol–water partition coefficient (Wildman–Crippen LogP) is 1.72. The molecule has 0 amide bonds. The molecule has 2 aliphatic rings. The summed E-state index contributed by atoms with van der Waals surface area (Å²) in [5.41, 5.74) is 13.8. The Kier molecular flexibility index (Phi) is 3.79. The van der Waals surface area contributed by atoms with Crippen LogP contribution >= 0.6 is 0 Å². The van der Waals surface area contributed by atoms with Crippen molar-refractivity contribution >= 4 is 17.7 Å². The number of hydrazine groups is 2. The van der Waals surface area contributed by atoms with Crippen LogP contribution in [0.25, 0.3) is 11.3 Å². The summed E-state index contributed by atoms with van der Waals surface area (Å²) in [4.78, 5) is 4.76. The average molecular weight is 334 g/mol. The van der Waals surface area contributed by atoms with Crippen molar-refractivity contribution in [3.63, 3.8) is 0 Å². The zero-order valence-corrected chi connectivity index (χ0v) is 13.8. The van der Waals surface area contributed by atoms with Gasteiger partial charge in [-0.1, -0.05) is 12.7 Å². The van der Waals surface area contributed by atoms with Gasteiger partial charge in [-0.15, -0.1) is 5.53 Å². The number of nitrogens with zero attached hydrogens (tertiary/aromatic N) is 5. The van der Waals surface area contributed by atoms with Crippen molar-refractivity contribution in [3.8, 4) is 11.3 Å². The van der Waals surface area contributed by atoms with Gasteiger partial charge in [-0.25, -0.2) is 4.98 Å². The molecule has 2 aromatic heterocycles. The van der Waals surface area contributed by atoms with E-state index in [0.29, 0.717) is 6.54 Å². The molecule has 3 N–H and O–H groups in total. The summed E-state index contributed by atoms with van der Waals surface area (Å²) >= 11 is 0. The third-order valence-corrected chi connectivity index (χ3v) is 3.82. The summed E-state index contributed by atoms with van der Waals surface area (Å²) in [7, 11) is 1.89. The van der Waals surface area contributed by atoms with Gasteiger partial charge in [0.15, 0.2) is 5.82 Å². The molecule has 0 saturated carbocycles. The van der Waals surface area contributed by atoms with Crippen molar-refractivity contribution < 1.29 is 0 Å². The summed E-state index contributed by atoms with van der Waals surface area (Å²) in [6.45, 7) is 4.55. The Balaban J connectivity index is 1.60. The third-order valence-electron chi connectivity index (χ3n) is 3.82. The summed E-state index contributed by atoms with van der Waals surface area (Å²) < 4.78 is 1.76. The van der Waals surface area contributed by atoms with Crippen LogP contribution in [0.15, 0.2) is 65.7 Å². The van der Waals surface area contributed by atoms with Crippen molar-refractivity contribution in [1.29, 1.82) is 0 Å². The fourth-order valence-electron chi connectivity index (χ4n) is 2.65. The molecule has 0 saturated heterocycles. The molecule has 25 heavy (non-hydrogen) atoms. The van der Waals surface area contributed by atoms with E-state index in [1.165, 1.54) is 0 Å². The van der Waals surface area contributed by atoms with Crippen LogP contribution in [-0.4, -0.2) is 27.5 Å². The molecular weight excluding hydrogens is 316 g/mol. The lowest BCUT2D eigenvalue weighted by atomic mass is 10.2. The van der Waals surface area contributed by atoms with Gasteiger partial charge in [-0.3, -0.25) is 15.1 Å². The summed E-state index contributed by atoms with van der Waals surface area (Å²) in [6.07, 6.45) is 11.2. The van der Waals surface area contributed by atoms with E-state index < -0.39 is 0 Å². The predicted molar refractivity (Wildman–Crippen MR) is 98.5 cm³/mol. The Morgan fingerprint density at radius 1 is 1.28 bits per heavy atom. The molecule has 0 atom stereocenters. The highest BCUT2D eigenvalue weighted by atomic mass is 15.7. The molecule has 0 bridgehead atoms. The van der Waals surface area contributed by atoms with Gasteiger partial charge in [0.25, 0.3) is 0 Å². The average Bonchev–Trinajstić information content (AvgIpc) is 3.18. The van der Waals surface area contributed by atoms with Crippen molar-refractivity contribution in [2.24, 2.45) is 12.1 Å². The van der Waals surface area contributed by atoms with Crippen LogP contribution in [0.1, 0.15) is 0 Å². The molecule has 0 spiro atoms. The number of pyridine rings is 1. The number of rotatable bonds is 3. The first kappa shape index (κ1) is 15.2. The lowest BCUT2D eigenvalue weighted by Crippen LogP contribution is -2.39. The quantitative estimate of drug-likeness (QED) is 0.793. The van der Waals surface area contributed by atoms with E-state index in [2.05, 4.69) is 33.2 Å². The number of hydrazone groups is 1. The molecule has 4 rings (SSSR count). The summed E-state index contributed by atoms with van der Waals surface area (Å²) in [6, 6.07) is 3.97. The van der Waals surface area contributed by atoms with Crippen LogP contribution in [-0.2, 0) is 7.05 Å². The summed E-state index contributed by atoms with van der Waals surface area (Å²) in [5.74, 6) is 0.816. The lowest BCUT2D eigenvalue weighted by molar-refractivity contribution is 0.715. The number of hydrogen-bond donors (Lipinski definition) is 3. The lowest BCUT2D eigenvalue weighted by Gasteiger charge is -2.19. The first-order valence-electron chi connectivity index (χ1n) is 7.83.